The van der Waals surface area contributed by atoms with Crippen molar-refractivity contribution < 1.29 is 14.4 Å². The van der Waals surface area contributed by atoms with E-state index in [1.807, 2.05) is 19.1 Å². The van der Waals surface area contributed by atoms with E-state index < -0.39 is 5.41 Å². The van der Waals surface area contributed by atoms with Crippen LogP contribution in [0, 0.1) is 62.6 Å². The minimum atomic E-state index is -0.477. The number of nitrogens with zero attached hydrogens (tertiary/aromatic N) is 1. The van der Waals surface area contributed by atoms with Gasteiger partial charge in [-0.2, -0.15) is 5.26 Å². The third-order valence-electron chi connectivity index (χ3n) is 12.8. The van der Waals surface area contributed by atoms with Crippen molar-refractivity contribution >= 4 is 17.5 Å². The summed E-state index contributed by atoms with van der Waals surface area (Å²) in [4.78, 5) is 40.5. The zero-order chi connectivity index (χ0) is 27.5. The molecule has 1 N–H and O–H groups in total. The topological polar surface area (TPSA) is 87.0 Å². The number of ketones is 2. The Bertz CT molecular complexity index is 1230. The molecule has 0 aromatic rings. The predicted molar refractivity (Wildman–Crippen MR) is 145 cm³/mol. The lowest BCUT2D eigenvalue weighted by atomic mass is 9.36. The van der Waals surface area contributed by atoms with Gasteiger partial charge in [0.2, 0.25) is 5.91 Å². The van der Waals surface area contributed by atoms with Gasteiger partial charge in [-0.3, -0.25) is 14.4 Å². The lowest BCUT2D eigenvalue weighted by Gasteiger charge is -2.68. The number of fused-ring (bicyclic) bond motifs is 7. The number of hydrogen-bond donors (Lipinski definition) is 1. The number of hydrogen-bond acceptors (Lipinski definition) is 4. The van der Waals surface area contributed by atoms with Crippen LogP contribution in [-0.4, -0.2) is 23.0 Å². The molecule has 0 aromatic carbocycles. The van der Waals surface area contributed by atoms with E-state index in [0.717, 1.165) is 63.4 Å². The van der Waals surface area contributed by atoms with Crippen molar-refractivity contribution in [3.8, 4) is 6.07 Å². The molecule has 6 aliphatic carbocycles. The van der Waals surface area contributed by atoms with E-state index in [1.165, 1.54) is 0 Å². The summed E-state index contributed by atoms with van der Waals surface area (Å²) in [6.45, 7) is 13.5. The second-order valence-electron chi connectivity index (χ2n) is 15.3. The van der Waals surface area contributed by atoms with Crippen molar-refractivity contribution in [2.24, 2.45) is 51.2 Å². The second-order valence-corrected chi connectivity index (χ2v) is 15.3. The van der Waals surface area contributed by atoms with Crippen molar-refractivity contribution in [3.63, 3.8) is 0 Å². The normalized spacial score (nSPS) is 47.3. The molecule has 0 radical (unpaired) electrons. The van der Waals surface area contributed by atoms with Crippen molar-refractivity contribution in [2.45, 2.75) is 105 Å². The Labute approximate surface area is 227 Å². The maximum Gasteiger partial charge on any atom is 0.223 e. The first-order valence-electron chi connectivity index (χ1n) is 15.0. The van der Waals surface area contributed by atoms with E-state index in [1.54, 1.807) is 0 Å². The summed E-state index contributed by atoms with van der Waals surface area (Å²) in [7, 11) is 0. The van der Waals surface area contributed by atoms with Gasteiger partial charge < -0.3 is 5.32 Å². The van der Waals surface area contributed by atoms with Gasteiger partial charge in [0.25, 0.3) is 0 Å². The lowest BCUT2D eigenvalue weighted by molar-refractivity contribution is -0.162. The molecule has 6 rings (SSSR count). The predicted octanol–water partition coefficient (Wildman–Crippen LogP) is 6.09. The van der Waals surface area contributed by atoms with Gasteiger partial charge in [0.05, 0.1) is 5.57 Å². The number of nitrogens with one attached hydrogen (secondary N) is 1. The molecule has 0 aromatic heterocycles. The molecule has 6 aliphatic rings. The van der Waals surface area contributed by atoms with Crippen LogP contribution in [0.5, 0.6) is 0 Å². The first kappa shape index (κ1) is 26.0. The Balaban J connectivity index is 1.47. The first-order chi connectivity index (χ1) is 17.7. The zero-order valence-corrected chi connectivity index (χ0v) is 24.1. The SMILES string of the molecule is CC1C(=O)C(C#N)=CC2(C)C3=CC(=O)C4C5CC(C)(C)CCC5(NC(=O)C5CC5)CCC4(C)C3(C)CCC12. The standard InChI is InChI=1S/C33H44N2O3/c1-19-22-9-10-31(5)25(30(22,4)16-21(18-34)27(19)37)15-24(36)26-23-17-29(2,3)11-13-33(23,14-12-32(26,31)6)35-28(38)20-7-8-20/h15-16,19-20,22-23,26H,7-14,17H2,1-6H3,(H,35,38). The van der Waals surface area contributed by atoms with Gasteiger partial charge in [-0.25, -0.2) is 0 Å². The highest BCUT2D eigenvalue weighted by atomic mass is 16.2. The van der Waals surface area contributed by atoms with Crippen LogP contribution in [-0.2, 0) is 14.4 Å². The zero-order valence-electron chi connectivity index (χ0n) is 24.1. The molecular formula is C33H44N2O3. The Morgan fingerprint density at radius 1 is 0.974 bits per heavy atom. The molecule has 0 heterocycles. The highest BCUT2D eigenvalue weighted by molar-refractivity contribution is 6.02. The molecule has 204 valence electrons. The van der Waals surface area contributed by atoms with Crippen LogP contribution in [0.25, 0.3) is 0 Å². The third-order valence-corrected chi connectivity index (χ3v) is 12.8. The van der Waals surface area contributed by atoms with Crippen LogP contribution in [0.4, 0.5) is 0 Å². The molecule has 1 amide bonds. The van der Waals surface area contributed by atoms with Gasteiger partial charge in [0, 0.05) is 28.7 Å². The monoisotopic (exact) mass is 516 g/mol. The minimum absolute atomic E-state index is 0.0521. The number of Topliss-reactive ketones (excluding diaryl/α,β-unsaturated/α-hetero) is 1. The molecule has 5 nitrogen and oxygen atoms in total. The van der Waals surface area contributed by atoms with E-state index in [0.29, 0.717) is 0 Å². The van der Waals surface area contributed by atoms with Crippen molar-refractivity contribution in [3.05, 3.63) is 23.3 Å². The molecule has 0 spiro atoms. The summed E-state index contributed by atoms with van der Waals surface area (Å²) in [5.41, 5.74) is 0.311. The number of allylic oxidation sites excluding steroid dienone is 4. The fourth-order valence-electron chi connectivity index (χ4n) is 10.2. The van der Waals surface area contributed by atoms with E-state index in [4.69, 9.17) is 0 Å². The maximum atomic E-state index is 14.4. The van der Waals surface area contributed by atoms with Crippen LogP contribution in [0.15, 0.2) is 23.3 Å². The summed E-state index contributed by atoms with van der Waals surface area (Å²) >= 11 is 0. The minimum Gasteiger partial charge on any atom is -0.350 e. The van der Waals surface area contributed by atoms with Crippen molar-refractivity contribution in [1.29, 1.82) is 5.26 Å². The smallest absolute Gasteiger partial charge is 0.223 e. The lowest BCUT2D eigenvalue weighted by Crippen LogP contribution is -2.69. The van der Waals surface area contributed by atoms with Crippen LogP contribution < -0.4 is 5.32 Å². The summed E-state index contributed by atoms with van der Waals surface area (Å²) in [6, 6.07) is 2.17. The molecule has 8 unspecified atom stereocenters. The van der Waals surface area contributed by atoms with Crippen LogP contribution in [0.2, 0.25) is 0 Å². The first-order valence-corrected chi connectivity index (χ1v) is 15.0. The van der Waals surface area contributed by atoms with Gasteiger partial charge in [-0.05, 0) is 91.9 Å². The van der Waals surface area contributed by atoms with Crippen molar-refractivity contribution in [1.82, 2.24) is 5.32 Å². The molecule has 0 bridgehead atoms. The average Bonchev–Trinajstić information content (AvgIpc) is 3.69. The summed E-state index contributed by atoms with van der Waals surface area (Å²) in [6.07, 6.45) is 12.5. The van der Waals surface area contributed by atoms with E-state index >= 15 is 0 Å². The molecule has 38 heavy (non-hydrogen) atoms. The number of carbonyl (C=O) groups is 3. The van der Waals surface area contributed by atoms with Gasteiger partial charge in [0.1, 0.15) is 6.07 Å². The largest absolute Gasteiger partial charge is 0.350 e. The number of nitriles is 1. The second kappa shape index (κ2) is 7.92. The van der Waals surface area contributed by atoms with Crippen LogP contribution >= 0.6 is 0 Å². The maximum absolute atomic E-state index is 14.4. The fraction of sp³-hybridized carbons (Fsp3) is 0.758. The quantitative estimate of drug-likeness (QED) is 0.481. The van der Waals surface area contributed by atoms with Crippen LogP contribution in [0.1, 0.15) is 99.3 Å². The average molecular weight is 517 g/mol. The summed E-state index contributed by atoms with van der Waals surface area (Å²) < 4.78 is 0. The molecular weight excluding hydrogens is 472 g/mol. The molecule has 8 atom stereocenters. The van der Waals surface area contributed by atoms with E-state index in [9.17, 15) is 19.6 Å². The fourth-order valence-corrected chi connectivity index (χ4v) is 10.2. The summed E-state index contributed by atoms with van der Waals surface area (Å²) in [5, 5.41) is 13.4. The Hall–Kier alpha value is -2.22. The number of amides is 1. The van der Waals surface area contributed by atoms with Crippen LogP contribution in [0.3, 0.4) is 0 Å². The molecule has 5 heteroatoms. The number of rotatable bonds is 2. The Kier molecular flexibility index (Phi) is 5.43. The highest BCUT2D eigenvalue weighted by Gasteiger charge is 2.69. The molecule has 0 saturated heterocycles. The van der Waals surface area contributed by atoms with E-state index in [-0.39, 0.29) is 74.4 Å². The molecule has 4 fully saturated rings. The Morgan fingerprint density at radius 2 is 1.66 bits per heavy atom. The highest BCUT2D eigenvalue weighted by Crippen LogP contribution is 2.72. The number of carbonyl (C=O) groups excluding carboxylic acids is 3. The van der Waals surface area contributed by atoms with Crippen molar-refractivity contribution in [2.75, 3.05) is 0 Å². The van der Waals surface area contributed by atoms with Gasteiger partial charge in [0.15, 0.2) is 11.6 Å². The third kappa shape index (κ3) is 3.31. The molecule has 4 saturated carbocycles. The Morgan fingerprint density at radius 3 is 2.32 bits per heavy atom. The molecule has 0 aliphatic heterocycles. The van der Waals surface area contributed by atoms with Gasteiger partial charge in [-0.15, -0.1) is 0 Å². The van der Waals surface area contributed by atoms with Gasteiger partial charge in [-0.1, -0.05) is 53.2 Å². The summed E-state index contributed by atoms with van der Waals surface area (Å²) in [5.74, 6) is 0.381. The van der Waals surface area contributed by atoms with Gasteiger partial charge >= 0.3 is 0 Å². The van der Waals surface area contributed by atoms with E-state index in [2.05, 4.69) is 46.0 Å².